The van der Waals surface area contributed by atoms with E-state index in [4.69, 9.17) is 0 Å². The van der Waals surface area contributed by atoms with E-state index in [1.807, 2.05) is 11.3 Å². The first-order valence-corrected chi connectivity index (χ1v) is 5.64. The van der Waals surface area contributed by atoms with Gasteiger partial charge < -0.3 is 0 Å². The summed E-state index contributed by atoms with van der Waals surface area (Å²) in [6.45, 7) is 0. The highest BCUT2D eigenvalue weighted by atomic mass is 32.1. The molecule has 0 nitrogen and oxygen atoms in total. The van der Waals surface area contributed by atoms with Gasteiger partial charge in [-0.15, -0.1) is 11.3 Å². The SMILES string of the molecule is C1=Cc2sccc2Cc2ccccc21. The highest BCUT2D eigenvalue weighted by Crippen LogP contribution is 2.27. The second-order valence-electron chi connectivity index (χ2n) is 3.52. The minimum Gasteiger partial charge on any atom is -0.144 e. The van der Waals surface area contributed by atoms with Crippen molar-refractivity contribution in [1.29, 1.82) is 0 Å². The number of hydrogen-bond acceptors (Lipinski definition) is 1. The third-order valence-corrected chi connectivity index (χ3v) is 3.56. The van der Waals surface area contributed by atoms with Crippen molar-refractivity contribution in [3.63, 3.8) is 0 Å². The van der Waals surface area contributed by atoms with Crippen LogP contribution in [0.3, 0.4) is 0 Å². The van der Waals surface area contributed by atoms with Crippen molar-refractivity contribution >= 4 is 23.5 Å². The predicted molar refractivity (Wildman–Crippen MR) is 62.5 cm³/mol. The van der Waals surface area contributed by atoms with Crippen molar-refractivity contribution in [2.24, 2.45) is 0 Å². The number of fused-ring (bicyclic) bond motifs is 2. The van der Waals surface area contributed by atoms with E-state index in [1.54, 1.807) is 0 Å². The molecular formula is C13H10S. The van der Waals surface area contributed by atoms with Gasteiger partial charge in [0, 0.05) is 4.88 Å². The van der Waals surface area contributed by atoms with Gasteiger partial charge in [0.2, 0.25) is 0 Å². The maximum atomic E-state index is 2.23. The first kappa shape index (κ1) is 8.01. The molecule has 0 saturated heterocycles. The zero-order valence-electron chi connectivity index (χ0n) is 7.73. The smallest absolute Gasteiger partial charge is 0.0305 e. The Morgan fingerprint density at radius 3 is 2.86 bits per heavy atom. The average molecular weight is 198 g/mol. The Hall–Kier alpha value is -1.34. The molecule has 0 fully saturated rings. The molecule has 0 unspecified atom stereocenters. The van der Waals surface area contributed by atoms with Crippen LogP contribution >= 0.6 is 11.3 Å². The van der Waals surface area contributed by atoms with Crippen molar-refractivity contribution in [3.05, 3.63) is 57.3 Å². The minimum atomic E-state index is 1.07. The molecule has 3 rings (SSSR count). The quantitative estimate of drug-likeness (QED) is 0.515. The molecule has 0 amide bonds. The molecule has 0 spiro atoms. The topological polar surface area (TPSA) is 0 Å². The molecular weight excluding hydrogens is 188 g/mol. The average Bonchev–Trinajstić information content (AvgIpc) is 2.58. The number of thiophene rings is 1. The van der Waals surface area contributed by atoms with E-state index in [2.05, 4.69) is 47.9 Å². The fourth-order valence-electron chi connectivity index (χ4n) is 1.87. The molecule has 0 atom stereocenters. The lowest BCUT2D eigenvalue weighted by Crippen LogP contribution is -1.88. The second kappa shape index (κ2) is 3.10. The monoisotopic (exact) mass is 198 g/mol. The zero-order valence-corrected chi connectivity index (χ0v) is 8.55. The van der Waals surface area contributed by atoms with Crippen LogP contribution in [0.1, 0.15) is 21.6 Å². The normalized spacial score (nSPS) is 13.1. The molecule has 1 aromatic carbocycles. The van der Waals surface area contributed by atoms with Crippen LogP contribution in [0.5, 0.6) is 0 Å². The molecule has 14 heavy (non-hydrogen) atoms. The fraction of sp³-hybridized carbons (Fsp3) is 0.0769. The van der Waals surface area contributed by atoms with Gasteiger partial charge in [0.1, 0.15) is 0 Å². The molecule has 0 radical (unpaired) electrons. The fourth-order valence-corrected chi connectivity index (χ4v) is 2.69. The van der Waals surface area contributed by atoms with Gasteiger partial charge in [0.15, 0.2) is 0 Å². The summed E-state index contributed by atoms with van der Waals surface area (Å²) in [6, 6.07) is 10.8. The highest BCUT2D eigenvalue weighted by molar-refractivity contribution is 7.11. The summed E-state index contributed by atoms with van der Waals surface area (Å²) in [7, 11) is 0. The van der Waals surface area contributed by atoms with E-state index in [0.29, 0.717) is 0 Å². The van der Waals surface area contributed by atoms with Crippen molar-refractivity contribution in [2.45, 2.75) is 6.42 Å². The van der Waals surface area contributed by atoms with Gasteiger partial charge in [0.05, 0.1) is 0 Å². The summed E-state index contributed by atoms with van der Waals surface area (Å²) >= 11 is 1.82. The predicted octanol–water partition coefficient (Wildman–Crippen LogP) is 3.82. The third-order valence-electron chi connectivity index (χ3n) is 2.63. The van der Waals surface area contributed by atoms with Crippen LogP contribution in [-0.2, 0) is 6.42 Å². The van der Waals surface area contributed by atoms with Crippen LogP contribution < -0.4 is 0 Å². The Morgan fingerprint density at radius 2 is 1.86 bits per heavy atom. The van der Waals surface area contributed by atoms with Crippen LogP contribution in [-0.4, -0.2) is 0 Å². The minimum absolute atomic E-state index is 1.07. The van der Waals surface area contributed by atoms with Gasteiger partial charge in [-0.1, -0.05) is 30.3 Å². The first-order chi connectivity index (χ1) is 6.93. The summed E-state index contributed by atoms with van der Waals surface area (Å²) in [5.41, 5.74) is 4.24. The van der Waals surface area contributed by atoms with E-state index in [9.17, 15) is 0 Å². The molecule has 1 aliphatic rings. The van der Waals surface area contributed by atoms with E-state index in [-0.39, 0.29) is 0 Å². The van der Waals surface area contributed by atoms with Gasteiger partial charge in [0.25, 0.3) is 0 Å². The molecule has 1 heteroatoms. The molecule has 1 aliphatic carbocycles. The number of rotatable bonds is 0. The summed E-state index contributed by atoms with van der Waals surface area (Å²) in [4.78, 5) is 1.40. The molecule has 1 heterocycles. The van der Waals surface area contributed by atoms with Crippen molar-refractivity contribution < 1.29 is 0 Å². The standard InChI is InChI=1S/C13H10S/c1-2-4-11-9-12-7-8-14-13(12)6-5-10(11)3-1/h1-8H,9H2. The van der Waals surface area contributed by atoms with Crippen molar-refractivity contribution in [2.75, 3.05) is 0 Å². The van der Waals surface area contributed by atoms with Crippen molar-refractivity contribution in [1.82, 2.24) is 0 Å². The summed E-state index contributed by atoms with van der Waals surface area (Å²) in [5.74, 6) is 0. The van der Waals surface area contributed by atoms with Crippen LogP contribution in [0.25, 0.3) is 12.2 Å². The van der Waals surface area contributed by atoms with Crippen LogP contribution in [0, 0.1) is 0 Å². The maximum Gasteiger partial charge on any atom is 0.0305 e. The van der Waals surface area contributed by atoms with Gasteiger partial charge in [-0.3, -0.25) is 0 Å². The molecule has 1 aromatic heterocycles. The Balaban J connectivity index is 2.19. The molecule has 68 valence electrons. The number of benzene rings is 1. The highest BCUT2D eigenvalue weighted by Gasteiger charge is 2.08. The lowest BCUT2D eigenvalue weighted by molar-refractivity contribution is 1.20. The summed E-state index contributed by atoms with van der Waals surface area (Å²) in [5, 5.41) is 2.17. The first-order valence-electron chi connectivity index (χ1n) is 4.76. The third kappa shape index (κ3) is 1.21. The molecule has 0 bridgehead atoms. The van der Waals surface area contributed by atoms with Crippen LogP contribution in [0.4, 0.5) is 0 Å². The van der Waals surface area contributed by atoms with Gasteiger partial charge in [-0.25, -0.2) is 0 Å². The van der Waals surface area contributed by atoms with Gasteiger partial charge >= 0.3 is 0 Å². The Kier molecular flexibility index (Phi) is 1.78. The lowest BCUT2D eigenvalue weighted by Gasteiger charge is -2.02. The molecule has 0 saturated carbocycles. The van der Waals surface area contributed by atoms with Gasteiger partial charge in [-0.2, -0.15) is 0 Å². The lowest BCUT2D eigenvalue weighted by atomic mass is 10.0. The van der Waals surface area contributed by atoms with Gasteiger partial charge in [-0.05, 0) is 40.6 Å². The molecule has 0 aliphatic heterocycles. The number of hydrogen-bond donors (Lipinski definition) is 0. The molecule has 2 aromatic rings. The van der Waals surface area contributed by atoms with E-state index in [1.165, 1.54) is 21.6 Å². The Labute approximate surface area is 87.5 Å². The Morgan fingerprint density at radius 1 is 0.929 bits per heavy atom. The van der Waals surface area contributed by atoms with E-state index in [0.717, 1.165) is 6.42 Å². The van der Waals surface area contributed by atoms with E-state index < -0.39 is 0 Å². The van der Waals surface area contributed by atoms with E-state index >= 15 is 0 Å². The summed E-state index contributed by atoms with van der Waals surface area (Å²) in [6.07, 6.45) is 5.52. The van der Waals surface area contributed by atoms with Crippen LogP contribution in [0.15, 0.2) is 35.7 Å². The zero-order chi connectivity index (χ0) is 9.38. The molecule has 0 N–H and O–H groups in total. The van der Waals surface area contributed by atoms with Crippen LogP contribution in [0.2, 0.25) is 0 Å². The maximum absolute atomic E-state index is 2.23. The largest absolute Gasteiger partial charge is 0.144 e. The second-order valence-corrected chi connectivity index (χ2v) is 4.47. The van der Waals surface area contributed by atoms with Crippen molar-refractivity contribution in [3.8, 4) is 0 Å². The Bertz CT molecular complexity index is 491. The summed E-state index contributed by atoms with van der Waals surface area (Å²) < 4.78 is 0.